The number of nitrogens with one attached hydrogen (secondary N) is 3. The molecule has 2 amide bonds. The quantitative estimate of drug-likeness (QED) is 0.551. The Kier molecular flexibility index (Phi) is 6.52. The molecule has 0 aliphatic heterocycles. The average Bonchev–Trinajstić information content (AvgIpc) is 2.64. The summed E-state index contributed by atoms with van der Waals surface area (Å²) in [7, 11) is 0. The number of benzene rings is 2. The van der Waals surface area contributed by atoms with Crippen LogP contribution in [0.5, 0.6) is 0 Å². The molecule has 6 heteroatoms. The van der Waals surface area contributed by atoms with E-state index in [4.69, 9.17) is 0 Å². The molecule has 132 valence electrons. The lowest BCUT2D eigenvalue weighted by Gasteiger charge is -2.12. The van der Waals surface area contributed by atoms with E-state index in [1.807, 2.05) is 43.3 Å². The van der Waals surface area contributed by atoms with Crippen LogP contribution in [0.15, 0.2) is 66.4 Å². The van der Waals surface area contributed by atoms with E-state index in [9.17, 15) is 14.9 Å². The molecule has 2 aromatic carbocycles. The highest BCUT2D eigenvalue weighted by atomic mass is 16.2. The summed E-state index contributed by atoms with van der Waals surface area (Å²) in [6.07, 6.45) is 1.42. The van der Waals surface area contributed by atoms with Crippen molar-refractivity contribution >= 4 is 23.2 Å². The third kappa shape index (κ3) is 5.49. The molecule has 2 aromatic rings. The summed E-state index contributed by atoms with van der Waals surface area (Å²) in [5, 5.41) is 17.6. The van der Waals surface area contributed by atoms with Crippen molar-refractivity contribution in [2.75, 3.05) is 10.6 Å². The fourth-order valence-electron chi connectivity index (χ4n) is 2.23. The molecule has 0 radical (unpaired) electrons. The van der Waals surface area contributed by atoms with Crippen LogP contribution < -0.4 is 16.0 Å². The Bertz CT molecular complexity index is 836. The van der Waals surface area contributed by atoms with Gasteiger partial charge in [0.25, 0.3) is 5.91 Å². The van der Waals surface area contributed by atoms with E-state index in [2.05, 4.69) is 16.0 Å². The van der Waals surface area contributed by atoms with Crippen molar-refractivity contribution in [2.45, 2.75) is 19.9 Å². The molecule has 0 aliphatic rings. The van der Waals surface area contributed by atoms with Crippen molar-refractivity contribution in [3.05, 3.63) is 71.9 Å². The summed E-state index contributed by atoms with van der Waals surface area (Å²) in [5.74, 6) is -0.678. The summed E-state index contributed by atoms with van der Waals surface area (Å²) in [6.45, 7) is 3.36. The van der Waals surface area contributed by atoms with E-state index >= 15 is 0 Å². The van der Waals surface area contributed by atoms with Crippen molar-refractivity contribution in [2.24, 2.45) is 0 Å². The Labute approximate surface area is 152 Å². The van der Waals surface area contributed by atoms with Crippen LogP contribution in [0, 0.1) is 11.3 Å². The minimum absolute atomic E-state index is 0.0290. The van der Waals surface area contributed by atoms with E-state index in [0.717, 1.165) is 5.56 Å². The average molecular weight is 348 g/mol. The zero-order chi connectivity index (χ0) is 18.9. The van der Waals surface area contributed by atoms with Crippen LogP contribution in [0.4, 0.5) is 11.4 Å². The van der Waals surface area contributed by atoms with Gasteiger partial charge in [0.05, 0.1) is 0 Å². The zero-order valence-corrected chi connectivity index (χ0v) is 14.6. The van der Waals surface area contributed by atoms with Crippen LogP contribution in [-0.4, -0.2) is 11.8 Å². The first-order valence-electron chi connectivity index (χ1n) is 8.10. The molecule has 2 rings (SSSR count). The van der Waals surface area contributed by atoms with Gasteiger partial charge in [0.1, 0.15) is 11.6 Å². The van der Waals surface area contributed by atoms with Gasteiger partial charge in [-0.1, -0.05) is 30.3 Å². The van der Waals surface area contributed by atoms with Gasteiger partial charge in [-0.25, -0.2) is 0 Å². The maximum atomic E-state index is 12.2. The first-order chi connectivity index (χ1) is 12.5. The lowest BCUT2D eigenvalue weighted by atomic mass is 10.1. The molecule has 26 heavy (non-hydrogen) atoms. The highest BCUT2D eigenvalue weighted by Gasteiger charge is 2.10. The van der Waals surface area contributed by atoms with Crippen LogP contribution in [0.2, 0.25) is 0 Å². The van der Waals surface area contributed by atoms with E-state index in [1.54, 1.807) is 24.3 Å². The van der Waals surface area contributed by atoms with Crippen LogP contribution in [0.1, 0.15) is 25.5 Å². The number of hydrogen-bond donors (Lipinski definition) is 3. The molecular formula is C20H20N4O2. The fourth-order valence-corrected chi connectivity index (χ4v) is 2.23. The number of rotatable bonds is 6. The molecular weight excluding hydrogens is 328 g/mol. The van der Waals surface area contributed by atoms with Gasteiger partial charge < -0.3 is 16.0 Å². The standard InChI is InChI=1S/C20H20N4O2/c1-14(16-6-4-3-5-7-16)22-13-17(12-21)20(26)24-19-10-8-18(9-11-19)23-15(2)25/h3-11,13-14,22H,1-2H3,(H,23,25)(H,24,26)/b17-13-. The van der Waals surface area contributed by atoms with E-state index in [1.165, 1.54) is 13.1 Å². The molecule has 0 spiro atoms. The number of amides is 2. The molecule has 0 saturated heterocycles. The summed E-state index contributed by atoms with van der Waals surface area (Å²) < 4.78 is 0. The number of nitrogens with zero attached hydrogens (tertiary/aromatic N) is 1. The number of carbonyl (C=O) groups excluding carboxylic acids is 2. The molecule has 0 bridgehead atoms. The molecule has 0 saturated carbocycles. The first kappa shape index (κ1) is 18.7. The normalized spacial score (nSPS) is 11.8. The van der Waals surface area contributed by atoms with E-state index in [-0.39, 0.29) is 17.5 Å². The molecule has 1 unspecified atom stereocenters. The van der Waals surface area contributed by atoms with Crippen LogP contribution in [-0.2, 0) is 9.59 Å². The molecule has 1 atom stereocenters. The number of anilines is 2. The highest BCUT2D eigenvalue weighted by Crippen LogP contribution is 2.15. The van der Waals surface area contributed by atoms with Gasteiger partial charge >= 0.3 is 0 Å². The second-order valence-electron chi connectivity index (χ2n) is 5.68. The van der Waals surface area contributed by atoms with E-state index < -0.39 is 5.91 Å². The van der Waals surface area contributed by atoms with Gasteiger partial charge in [-0.15, -0.1) is 0 Å². The maximum absolute atomic E-state index is 12.2. The van der Waals surface area contributed by atoms with Crippen molar-refractivity contribution in [3.63, 3.8) is 0 Å². The Hall–Kier alpha value is -3.59. The summed E-state index contributed by atoms with van der Waals surface area (Å²) in [6, 6.07) is 18.2. The lowest BCUT2D eigenvalue weighted by molar-refractivity contribution is -0.114. The summed E-state index contributed by atoms with van der Waals surface area (Å²) in [4.78, 5) is 23.2. The van der Waals surface area contributed by atoms with Gasteiger partial charge in [0, 0.05) is 30.5 Å². The number of carbonyl (C=O) groups is 2. The van der Waals surface area contributed by atoms with Gasteiger partial charge in [0.2, 0.25) is 5.91 Å². The van der Waals surface area contributed by atoms with Crippen molar-refractivity contribution in [1.29, 1.82) is 5.26 Å². The van der Waals surface area contributed by atoms with Gasteiger partial charge in [-0.2, -0.15) is 5.26 Å². The third-order valence-electron chi connectivity index (χ3n) is 3.61. The zero-order valence-electron chi connectivity index (χ0n) is 14.6. The SMILES string of the molecule is CC(=O)Nc1ccc(NC(=O)/C(C#N)=C\NC(C)c2ccccc2)cc1. The van der Waals surface area contributed by atoms with Crippen LogP contribution in [0.25, 0.3) is 0 Å². The second-order valence-corrected chi connectivity index (χ2v) is 5.68. The predicted molar refractivity (Wildman–Crippen MR) is 101 cm³/mol. The molecule has 0 fully saturated rings. The summed E-state index contributed by atoms with van der Waals surface area (Å²) in [5.41, 5.74) is 2.18. The van der Waals surface area contributed by atoms with Gasteiger partial charge in [-0.3, -0.25) is 9.59 Å². The van der Waals surface area contributed by atoms with Gasteiger partial charge in [-0.05, 0) is 36.8 Å². The Morgan fingerprint density at radius 1 is 1.00 bits per heavy atom. The first-order valence-corrected chi connectivity index (χ1v) is 8.10. The Morgan fingerprint density at radius 3 is 2.12 bits per heavy atom. The molecule has 0 heterocycles. The van der Waals surface area contributed by atoms with Crippen molar-refractivity contribution in [3.8, 4) is 6.07 Å². The molecule has 6 nitrogen and oxygen atoms in total. The largest absolute Gasteiger partial charge is 0.383 e. The Balaban J connectivity index is 1.99. The lowest BCUT2D eigenvalue weighted by Crippen LogP contribution is -2.18. The molecule has 0 aliphatic carbocycles. The summed E-state index contributed by atoms with van der Waals surface area (Å²) >= 11 is 0. The molecule has 0 aromatic heterocycles. The fraction of sp³-hybridized carbons (Fsp3) is 0.150. The number of hydrogen-bond acceptors (Lipinski definition) is 4. The monoisotopic (exact) mass is 348 g/mol. The van der Waals surface area contributed by atoms with Crippen molar-refractivity contribution < 1.29 is 9.59 Å². The minimum atomic E-state index is -0.507. The van der Waals surface area contributed by atoms with Gasteiger partial charge in [0.15, 0.2) is 0 Å². The second kappa shape index (κ2) is 9.04. The van der Waals surface area contributed by atoms with Crippen LogP contribution in [0.3, 0.4) is 0 Å². The van der Waals surface area contributed by atoms with Crippen molar-refractivity contribution in [1.82, 2.24) is 5.32 Å². The topological polar surface area (TPSA) is 94.0 Å². The van der Waals surface area contributed by atoms with E-state index in [0.29, 0.717) is 11.4 Å². The number of nitriles is 1. The van der Waals surface area contributed by atoms with Crippen LogP contribution >= 0.6 is 0 Å². The Morgan fingerprint density at radius 2 is 1.58 bits per heavy atom. The predicted octanol–water partition coefficient (Wildman–Crippen LogP) is 3.34. The highest BCUT2D eigenvalue weighted by molar-refractivity contribution is 6.06. The maximum Gasteiger partial charge on any atom is 0.267 e. The minimum Gasteiger partial charge on any atom is -0.383 e. The molecule has 3 N–H and O–H groups in total. The smallest absolute Gasteiger partial charge is 0.267 e. The third-order valence-corrected chi connectivity index (χ3v) is 3.61.